The van der Waals surface area contributed by atoms with E-state index in [0.29, 0.717) is 34.1 Å². The number of methoxy groups -OCH3 is 1. The summed E-state index contributed by atoms with van der Waals surface area (Å²) in [6.07, 6.45) is 1.66. The van der Waals surface area contributed by atoms with E-state index in [0.717, 1.165) is 11.8 Å². The number of ether oxygens (including phenoxy) is 2. The molecule has 0 atom stereocenters. The Balaban J connectivity index is 1.77. The van der Waals surface area contributed by atoms with Crippen LogP contribution in [0.2, 0.25) is 0 Å². The molecule has 0 N–H and O–H groups in total. The van der Waals surface area contributed by atoms with Crippen molar-refractivity contribution in [3.05, 3.63) is 64.3 Å². The summed E-state index contributed by atoms with van der Waals surface area (Å²) >= 11 is 0.930. The lowest BCUT2D eigenvalue weighted by molar-refractivity contribution is -0.123. The van der Waals surface area contributed by atoms with Gasteiger partial charge in [-0.15, -0.1) is 0 Å². The lowest BCUT2D eigenvalue weighted by Crippen LogP contribution is -2.31. The Morgan fingerprint density at radius 1 is 1.14 bits per heavy atom. The first kappa shape index (κ1) is 20.9. The zero-order valence-electron chi connectivity index (χ0n) is 16.5. The number of nitrogens with zero attached hydrogens (tertiary/aromatic N) is 1. The number of halogens is 1. The molecule has 0 aliphatic carbocycles. The number of rotatable bonds is 7. The van der Waals surface area contributed by atoms with Gasteiger partial charge in [0.25, 0.3) is 11.1 Å². The first-order chi connectivity index (χ1) is 13.9. The Bertz CT molecular complexity index is 958. The van der Waals surface area contributed by atoms with Gasteiger partial charge in [0.1, 0.15) is 12.4 Å². The quantitative estimate of drug-likeness (QED) is 0.589. The van der Waals surface area contributed by atoms with E-state index in [1.807, 2.05) is 13.8 Å². The maximum Gasteiger partial charge on any atom is 0.293 e. The maximum atomic E-state index is 13.8. The van der Waals surface area contributed by atoms with Gasteiger partial charge >= 0.3 is 0 Å². The Morgan fingerprint density at radius 3 is 2.59 bits per heavy atom. The lowest BCUT2D eigenvalue weighted by atomic mass is 10.1. The van der Waals surface area contributed by atoms with Gasteiger partial charge in [0.05, 0.1) is 12.0 Å². The van der Waals surface area contributed by atoms with E-state index in [4.69, 9.17) is 9.47 Å². The van der Waals surface area contributed by atoms with Crippen molar-refractivity contribution in [2.24, 2.45) is 5.92 Å². The van der Waals surface area contributed by atoms with E-state index in [1.54, 1.807) is 42.5 Å². The zero-order valence-corrected chi connectivity index (χ0v) is 17.3. The molecule has 1 saturated heterocycles. The summed E-state index contributed by atoms with van der Waals surface area (Å²) in [6.45, 7) is 4.38. The van der Waals surface area contributed by atoms with Crippen LogP contribution < -0.4 is 9.47 Å². The average molecular weight is 415 g/mol. The van der Waals surface area contributed by atoms with Gasteiger partial charge < -0.3 is 9.47 Å². The lowest BCUT2D eigenvalue weighted by Gasteiger charge is -2.14. The van der Waals surface area contributed by atoms with Crippen LogP contribution in [0.1, 0.15) is 25.0 Å². The molecule has 1 heterocycles. The van der Waals surface area contributed by atoms with Crippen LogP contribution in [-0.2, 0) is 11.4 Å². The molecule has 2 amide bonds. The Hall–Kier alpha value is -2.80. The summed E-state index contributed by atoms with van der Waals surface area (Å²) < 4.78 is 24.8. The molecule has 1 fully saturated rings. The molecule has 2 aromatic rings. The van der Waals surface area contributed by atoms with Crippen LogP contribution in [0.25, 0.3) is 6.08 Å². The van der Waals surface area contributed by atoms with Gasteiger partial charge in [-0.3, -0.25) is 14.5 Å². The largest absolute Gasteiger partial charge is 0.493 e. The van der Waals surface area contributed by atoms with Crippen molar-refractivity contribution in [2.45, 2.75) is 20.5 Å². The van der Waals surface area contributed by atoms with Crippen molar-refractivity contribution in [2.75, 3.05) is 13.7 Å². The van der Waals surface area contributed by atoms with Gasteiger partial charge in [0.2, 0.25) is 0 Å². The first-order valence-electron chi connectivity index (χ1n) is 9.18. The molecule has 152 valence electrons. The summed E-state index contributed by atoms with van der Waals surface area (Å²) in [7, 11) is 1.51. The molecule has 0 radical (unpaired) electrons. The van der Waals surface area contributed by atoms with Crippen molar-refractivity contribution in [3.8, 4) is 11.5 Å². The molecular weight excluding hydrogens is 393 g/mol. The second-order valence-electron chi connectivity index (χ2n) is 6.98. The van der Waals surface area contributed by atoms with Gasteiger partial charge in [-0.2, -0.15) is 0 Å². The smallest absolute Gasteiger partial charge is 0.293 e. The topological polar surface area (TPSA) is 55.8 Å². The van der Waals surface area contributed by atoms with Crippen molar-refractivity contribution < 1.29 is 23.5 Å². The van der Waals surface area contributed by atoms with Crippen LogP contribution in [0.4, 0.5) is 9.18 Å². The van der Waals surface area contributed by atoms with E-state index in [9.17, 15) is 14.0 Å². The van der Waals surface area contributed by atoms with Gasteiger partial charge in [-0.05, 0) is 47.5 Å². The fourth-order valence-electron chi connectivity index (χ4n) is 2.84. The molecular formula is C22H22FNO4S. The van der Waals surface area contributed by atoms with E-state index in [2.05, 4.69) is 0 Å². The Morgan fingerprint density at radius 2 is 1.90 bits per heavy atom. The van der Waals surface area contributed by atoms with Crippen molar-refractivity contribution in [1.82, 2.24) is 4.90 Å². The average Bonchev–Trinajstić information content (AvgIpc) is 2.95. The van der Waals surface area contributed by atoms with Crippen LogP contribution in [0.15, 0.2) is 47.4 Å². The number of imide groups is 1. The highest BCUT2D eigenvalue weighted by molar-refractivity contribution is 8.18. The number of amides is 2. The number of hydrogen-bond acceptors (Lipinski definition) is 5. The van der Waals surface area contributed by atoms with Crippen LogP contribution in [0, 0.1) is 11.7 Å². The highest BCUT2D eigenvalue weighted by atomic mass is 32.2. The van der Waals surface area contributed by atoms with E-state index in [1.165, 1.54) is 18.1 Å². The maximum absolute atomic E-state index is 13.8. The SMILES string of the molecule is COc1cc(C=C2SC(=O)N(CC(C)C)C2=O)ccc1OCc1ccccc1F. The highest BCUT2D eigenvalue weighted by Gasteiger charge is 2.35. The van der Waals surface area contributed by atoms with Crippen LogP contribution in [0.5, 0.6) is 11.5 Å². The summed E-state index contributed by atoms with van der Waals surface area (Å²) in [6, 6.07) is 11.6. The third kappa shape index (κ3) is 4.98. The number of thioether (sulfide) groups is 1. The predicted octanol–water partition coefficient (Wildman–Crippen LogP) is 5.11. The second-order valence-corrected chi connectivity index (χ2v) is 7.97. The minimum absolute atomic E-state index is 0.0659. The third-order valence-corrected chi connectivity index (χ3v) is 5.16. The number of benzene rings is 2. The van der Waals surface area contributed by atoms with Gasteiger partial charge in [0.15, 0.2) is 11.5 Å². The molecule has 2 aromatic carbocycles. The molecule has 0 spiro atoms. The van der Waals surface area contributed by atoms with Crippen LogP contribution in [0.3, 0.4) is 0 Å². The molecule has 0 bridgehead atoms. The van der Waals surface area contributed by atoms with Gasteiger partial charge in [0, 0.05) is 12.1 Å². The third-order valence-electron chi connectivity index (χ3n) is 4.25. The minimum atomic E-state index is -0.333. The van der Waals surface area contributed by atoms with E-state index < -0.39 is 0 Å². The van der Waals surface area contributed by atoms with E-state index >= 15 is 0 Å². The molecule has 1 aliphatic rings. The van der Waals surface area contributed by atoms with Crippen molar-refractivity contribution >= 4 is 29.0 Å². The van der Waals surface area contributed by atoms with Crippen molar-refractivity contribution in [1.29, 1.82) is 0 Å². The standard InChI is InChI=1S/C22H22FNO4S/c1-14(2)12-24-21(25)20(29-22(24)26)11-15-8-9-18(19(10-15)27-3)28-13-16-6-4-5-7-17(16)23/h4-11,14H,12-13H2,1-3H3. The molecule has 7 heteroatoms. The Kier molecular flexibility index (Phi) is 6.59. The minimum Gasteiger partial charge on any atom is -0.493 e. The molecule has 29 heavy (non-hydrogen) atoms. The second kappa shape index (κ2) is 9.13. The molecule has 5 nitrogen and oxygen atoms in total. The normalized spacial score (nSPS) is 15.5. The fraction of sp³-hybridized carbons (Fsp3) is 0.273. The molecule has 1 aliphatic heterocycles. The monoisotopic (exact) mass is 415 g/mol. The van der Waals surface area contributed by atoms with Gasteiger partial charge in [-0.25, -0.2) is 4.39 Å². The van der Waals surface area contributed by atoms with E-state index in [-0.39, 0.29) is 29.5 Å². The molecule has 0 aromatic heterocycles. The van der Waals surface area contributed by atoms with Crippen LogP contribution in [-0.4, -0.2) is 29.7 Å². The van der Waals surface area contributed by atoms with Gasteiger partial charge in [-0.1, -0.05) is 38.1 Å². The fourth-order valence-corrected chi connectivity index (χ4v) is 3.69. The molecule has 0 unspecified atom stereocenters. The zero-order chi connectivity index (χ0) is 21.0. The number of hydrogen-bond donors (Lipinski definition) is 0. The predicted molar refractivity (Wildman–Crippen MR) is 111 cm³/mol. The molecule has 3 rings (SSSR count). The van der Waals surface area contributed by atoms with Crippen LogP contribution >= 0.6 is 11.8 Å². The summed E-state index contributed by atoms with van der Waals surface area (Å²) in [4.78, 5) is 26.2. The summed E-state index contributed by atoms with van der Waals surface area (Å²) in [5, 5.41) is -0.258. The highest BCUT2D eigenvalue weighted by Crippen LogP contribution is 2.35. The summed E-state index contributed by atoms with van der Waals surface area (Å²) in [5.74, 6) is 0.499. The number of carbonyl (C=O) groups is 2. The number of carbonyl (C=O) groups excluding carboxylic acids is 2. The first-order valence-corrected chi connectivity index (χ1v) is 10.00. The molecule has 0 saturated carbocycles. The summed E-state index contributed by atoms with van der Waals surface area (Å²) in [5.41, 5.74) is 1.15. The van der Waals surface area contributed by atoms with Crippen molar-refractivity contribution in [3.63, 3.8) is 0 Å². The Labute approximate surface area is 173 Å².